The first kappa shape index (κ1) is 27.3. The molecule has 0 saturated heterocycles. The number of nitrogen functional groups attached to an aromatic ring is 2. The van der Waals surface area contributed by atoms with E-state index in [4.69, 9.17) is 25.7 Å². The van der Waals surface area contributed by atoms with Crippen molar-refractivity contribution in [3.05, 3.63) is 65.2 Å². The summed E-state index contributed by atoms with van der Waals surface area (Å²) in [7, 11) is 0. The highest BCUT2D eigenvalue weighted by atomic mass is 16.5. The van der Waals surface area contributed by atoms with Crippen LogP contribution in [-0.4, -0.2) is 37.4 Å². The van der Waals surface area contributed by atoms with E-state index in [1.165, 1.54) is 18.9 Å². The van der Waals surface area contributed by atoms with Gasteiger partial charge in [-0.3, -0.25) is 0 Å². The lowest BCUT2D eigenvalue weighted by Gasteiger charge is -2.28. The summed E-state index contributed by atoms with van der Waals surface area (Å²) in [5.41, 5.74) is 14.9. The predicted molar refractivity (Wildman–Crippen MR) is 142 cm³/mol. The summed E-state index contributed by atoms with van der Waals surface area (Å²) in [4.78, 5) is 24.5. The molecule has 0 atom stereocenters. The number of hydrogen-bond donors (Lipinski definition) is 2. The van der Waals surface area contributed by atoms with Crippen molar-refractivity contribution in [1.82, 2.24) is 0 Å². The quantitative estimate of drug-likeness (QED) is 0.177. The highest BCUT2D eigenvalue weighted by Gasteiger charge is 2.24. The van der Waals surface area contributed by atoms with Crippen LogP contribution >= 0.6 is 0 Å². The molecular weight excluding hydrogens is 456 g/mol. The topological polar surface area (TPSA) is 114 Å². The minimum absolute atomic E-state index is 0.0638. The maximum Gasteiger partial charge on any atom is 0.338 e. The molecule has 3 rings (SSSR count). The van der Waals surface area contributed by atoms with Crippen molar-refractivity contribution in [2.24, 2.45) is 0 Å². The van der Waals surface area contributed by atoms with Gasteiger partial charge in [-0.2, -0.15) is 0 Å². The Morgan fingerprint density at radius 3 is 2.25 bits per heavy atom. The second kappa shape index (κ2) is 14.3. The normalized spacial score (nSPS) is 17.7. The van der Waals surface area contributed by atoms with E-state index in [1.807, 2.05) is 12.1 Å². The van der Waals surface area contributed by atoms with Crippen LogP contribution in [0.25, 0.3) is 6.08 Å². The van der Waals surface area contributed by atoms with Crippen LogP contribution in [-0.2, 0) is 25.4 Å². The van der Waals surface area contributed by atoms with Gasteiger partial charge in [0.2, 0.25) is 0 Å². The summed E-state index contributed by atoms with van der Waals surface area (Å²) in [6.07, 6.45) is 10.8. The van der Waals surface area contributed by atoms with Crippen LogP contribution in [0.2, 0.25) is 0 Å². The van der Waals surface area contributed by atoms with Crippen molar-refractivity contribution in [2.45, 2.75) is 70.5 Å². The number of hydrogen-bond acceptors (Lipinski definition) is 7. The fourth-order valence-electron chi connectivity index (χ4n) is 4.24. The van der Waals surface area contributed by atoms with Gasteiger partial charge in [-0.15, -0.1) is 0 Å². The first-order valence-electron chi connectivity index (χ1n) is 12.9. The largest absolute Gasteiger partial charge is 0.462 e. The first-order valence-corrected chi connectivity index (χ1v) is 12.9. The molecule has 4 N–H and O–H groups in total. The Morgan fingerprint density at radius 2 is 1.58 bits per heavy atom. The van der Waals surface area contributed by atoms with Crippen molar-refractivity contribution >= 4 is 29.4 Å². The number of anilines is 2. The van der Waals surface area contributed by atoms with Crippen LogP contribution in [0.4, 0.5) is 11.4 Å². The highest BCUT2D eigenvalue weighted by molar-refractivity contribution is 5.90. The molecule has 2 aromatic rings. The Labute approximate surface area is 213 Å². The number of unbranched alkanes of at least 4 members (excludes halogenated alkanes) is 2. The van der Waals surface area contributed by atoms with Crippen LogP contribution in [0.1, 0.15) is 73.4 Å². The van der Waals surface area contributed by atoms with Crippen molar-refractivity contribution in [2.75, 3.05) is 24.7 Å². The van der Waals surface area contributed by atoms with Crippen LogP contribution in [0.5, 0.6) is 0 Å². The van der Waals surface area contributed by atoms with Crippen LogP contribution < -0.4 is 11.5 Å². The van der Waals surface area contributed by atoms with E-state index >= 15 is 0 Å². The zero-order valence-electron chi connectivity index (χ0n) is 21.1. The molecule has 0 heterocycles. The minimum atomic E-state index is -0.444. The lowest BCUT2D eigenvalue weighted by Crippen LogP contribution is -2.28. The summed E-state index contributed by atoms with van der Waals surface area (Å²) in [6, 6.07) is 12.3. The van der Waals surface area contributed by atoms with Gasteiger partial charge < -0.3 is 25.7 Å². The molecule has 1 aliphatic carbocycles. The average Bonchev–Trinajstić information content (AvgIpc) is 2.86. The Kier molecular flexibility index (Phi) is 10.8. The van der Waals surface area contributed by atoms with E-state index in [2.05, 4.69) is 6.92 Å². The predicted octanol–water partition coefficient (Wildman–Crippen LogP) is 5.32. The number of nitrogens with two attached hydrogens (primary N) is 2. The fraction of sp³-hybridized carbons (Fsp3) is 0.448. The third-order valence-electron chi connectivity index (χ3n) is 6.23. The van der Waals surface area contributed by atoms with Gasteiger partial charge in [0, 0.05) is 30.5 Å². The molecule has 0 unspecified atom stereocenters. The van der Waals surface area contributed by atoms with E-state index < -0.39 is 5.97 Å². The van der Waals surface area contributed by atoms with E-state index in [-0.39, 0.29) is 24.8 Å². The Bertz CT molecular complexity index is 991. The van der Waals surface area contributed by atoms with E-state index in [9.17, 15) is 9.59 Å². The maximum atomic E-state index is 12.5. The zero-order valence-corrected chi connectivity index (χ0v) is 21.1. The number of benzene rings is 2. The number of rotatable bonds is 12. The monoisotopic (exact) mass is 494 g/mol. The van der Waals surface area contributed by atoms with Gasteiger partial charge in [-0.25, -0.2) is 9.59 Å². The summed E-state index contributed by atoms with van der Waals surface area (Å²) < 4.78 is 16.9. The van der Waals surface area contributed by atoms with E-state index in [1.54, 1.807) is 36.4 Å². The lowest BCUT2D eigenvalue weighted by molar-refractivity contribution is -0.137. The van der Waals surface area contributed by atoms with Gasteiger partial charge in [0.15, 0.2) is 0 Å². The molecule has 7 nitrogen and oxygen atoms in total. The second-order valence-corrected chi connectivity index (χ2v) is 9.26. The smallest absolute Gasteiger partial charge is 0.338 e. The van der Waals surface area contributed by atoms with Crippen molar-refractivity contribution in [1.29, 1.82) is 0 Å². The van der Waals surface area contributed by atoms with Gasteiger partial charge in [0.1, 0.15) is 6.10 Å². The SMILES string of the molecule is CCCCCOC1CCC(OC(=O)c2ccc(/C=C/C(=O)OCCc3cc(N)cc(N)c3)cc2)CC1. The standard InChI is InChI=1S/C29H38N2O5/c1-2-3-4-16-34-26-10-12-27(13-11-26)36-29(33)23-8-5-21(6-9-23)7-14-28(32)35-17-15-22-18-24(30)20-25(31)19-22/h5-9,14,18-20,26-27H,2-4,10-13,15-17,30-31H2,1H3/b14-7+. The second-order valence-electron chi connectivity index (χ2n) is 9.26. The molecule has 0 spiro atoms. The number of carbonyl (C=O) groups is 2. The van der Waals surface area contributed by atoms with Crippen molar-refractivity contribution in [3.63, 3.8) is 0 Å². The Balaban J connectivity index is 1.37. The maximum absolute atomic E-state index is 12.5. The highest BCUT2D eigenvalue weighted by Crippen LogP contribution is 2.25. The molecule has 0 aromatic heterocycles. The van der Waals surface area contributed by atoms with Gasteiger partial charge >= 0.3 is 11.9 Å². The molecule has 36 heavy (non-hydrogen) atoms. The molecule has 0 aliphatic heterocycles. The first-order chi connectivity index (χ1) is 17.4. The fourth-order valence-corrected chi connectivity index (χ4v) is 4.24. The summed E-state index contributed by atoms with van der Waals surface area (Å²) in [6.45, 7) is 3.23. The summed E-state index contributed by atoms with van der Waals surface area (Å²) in [5, 5.41) is 0. The van der Waals surface area contributed by atoms with Gasteiger partial charge in [0.25, 0.3) is 0 Å². The zero-order chi connectivity index (χ0) is 25.8. The van der Waals surface area contributed by atoms with E-state index in [0.717, 1.165) is 49.8 Å². The number of carbonyl (C=O) groups excluding carboxylic acids is 2. The van der Waals surface area contributed by atoms with E-state index in [0.29, 0.717) is 23.4 Å². The molecular formula is C29H38N2O5. The molecule has 7 heteroatoms. The lowest BCUT2D eigenvalue weighted by atomic mass is 9.95. The molecule has 0 bridgehead atoms. The third kappa shape index (κ3) is 9.38. The summed E-state index contributed by atoms with van der Waals surface area (Å²) in [5.74, 6) is -0.764. The number of esters is 2. The van der Waals surface area contributed by atoms with Gasteiger partial charge in [-0.1, -0.05) is 31.9 Å². The third-order valence-corrected chi connectivity index (χ3v) is 6.23. The molecule has 2 aromatic carbocycles. The number of ether oxygens (including phenoxy) is 3. The molecule has 1 fully saturated rings. The van der Waals surface area contributed by atoms with Gasteiger partial charge in [0.05, 0.1) is 18.3 Å². The molecule has 194 valence electrons. The van der Waals surface area contributed by atoms with Crippen molar-refractivity contribution < 1.29 is 23.8 Å². The molecule has 1 aliphatic rings. The van der Waals surface area contributed by atoms with Crippen LogP contribution in [0, 0.1) is 0 Å². The Hall–Kier alpha value is -3.32. The molecule has 1 saturated carbocycles. The summed E-state index contributed by atoms with van der Waals surface area (Å²) >= 11 is 0. The average molecular weight is 495 g/mol. The Morgan fingerprint density at radius 1 is 0.917 bits per heavy atom. The van der Waals surface area contributed by atoms with Crippen LogP contribution in [0.15, 0.2) is 48.5 Å². The van der Waals surface area contributed by atoms with Crippen LogP contribution in [0.3, 0.4) is 0 Å². The molecule has 0 radical (unpaired) electrons. The minimum Gasteiger partial charge on any atom is -0.462 e. The van der Waals surface area contributed by atoms with Crippen molar-refractivity contribution in [3.8, 4) is 0 Å². The molecule has 0 amide bonds. The van der Waals surface area contributed by atoms with Gasteiger partial charge in [-0.05, 0) is 79.6 Å².